The molecule has 1 amide bonds. The van der Waals surface area contributed by atoms with E-state index >= 15 is 0 Å². The van der Waals surface area contributed by atoms with E-state index in [9.17, 15) is 9.59 Å². The van der Waals surface area contributed by atoms with E-state index in [1.807, 2.05) is 6.07 Å². The number of rotatable bonds is 3. The Balaban J connectivity index is 1.85. The number of methoxy groups -OCH3 is 1. The van der Waals surface area contributed by atoms with E-state index in [0.29, 0.717) is 27.0 Å². The van der Waals surface area contributed by atoms with Gasteiger partial charge in [-0.1, -0.05) is 41.4 Å². The fourth-order valence-electron chi connectivity index (χ4n) is 2.85. The van der Waals surface area contributed by atoms with Crippen LogP contribution in [0.15, 0.2) is 42.5 Å². The minimum atomic E-state index is -0.649. The first kappa shape index (κ1) is 18.4. The summed E-state index contributed by atoms with van der Waals surface area (Å²) in [5.74, 6) is -0.0409. The Morgan fingerprint density at radius 1 is 1.19 bits per heavy atom. The van der Waals surface area contributed by atoms with Crippen molar-refractivity contribution in [3.63, 3.8) is 0 Å². The Hall–Kier alpha value is -2.44. The van der Waals surface area contributed by atoms with Crippen LogP contribution in [0.1, 0.15) is 18.0 Å². The number of carbonyl (C=O) groups excluding carboxylic acids is 2. The Morgan fingerprint density at radius 2 is 1.92 bits per heavy atom. The number of fused-ring (bicyclic) bond motifs is 1. The van der Waals surface area contributed by atoms with Gasteiger partial charge in [-0.05, 0) is 24.3 Å². The lowest BCUT2D eigenvalue weighted by molar-refractivity contribution is -0.141. The fourth-order valence-corrected chi connectivity index (χ4v) is 3.48. The lowest BCUT2D eigenvalue weighted by atomic mass is 9.93. The van der Waals surface area contributed by atoms with Crippen molar-refractivity contribution in [3.05, 3.63) is 58.1 Å². The Labute approximate surface area is 160 Å². The zero-order valence-corrected chi connectivity index (χ0v) is 15.3. The van der Waals surface area contributed by atoms with E-state index < -0.39 is 24.1 Å². The number of amides is 1. The summed E-state index contributed by atoms with van der Waals surface area (Å²) in [7, 11) is 1.30. The molecule has 136 valence electrons. The first-order chi connectivity index (χ1) is 12.5. The molecular weight excluding hydrogens is 379 g/mol. The number of esters is 1. The standard InChI is InChI=1S/C18H16Cl2N2O4/c1-25-17(23)15-9-14(16-12(20)7-10(19)8-13(16)21-15)22-18(24)26-11-5-3-2-4-6-11/h2-8,14-15,21H,9H2,1H3,(H,22,24)/t14-,15+/m1/s1. The third kappa shape index (κ3) is 4.03. The van der Waals surface area contributed by atoms with Crippen molar-refractivity contribution in [2.24, 2.45) is 0 Å². The van der Waals surface area contributed by atoms with Gasteiger partial charge in [0.2, 0.25) is 0 Å². The van der Waals surface area contributed by atoms with Gasteiger partial charge >= 0.3 is 12.1 Å². The molecule has 8 heteroatoms. The van der Waals surface area contributed by atoms with Crippen LogP contribution in [0.25, 0.3) is 0 Å². The molecule has 0 unspecified atom stereocenters. The molecule has 1 aliphatic heterocycles. The maximum absolute atomic E-state index is 12.3. The van der Waals surface area contributed by atoms with Crippen LogP contribution in [0.2, 0.25) is 10.0 Å². The Morgan fingerprint density at radius 3 is 2.62 bits per heavy atom. The summed E-state index contributed by atoms with van der Waals surface area (Å²) in [6, 6.07) is 10.7. The summed E-state index contributed by atoms with van der Waals surface area (Å²) in [5, 5.41) is 6.60. The van der Waals surface area contributed by atoms with Crippen LogP contribution in [0.4, 0.5) is 10.5 Å². The predicted molar refractivity (Wildman–Crippen MR) is 98.8 cm³/mol. The van der Waals surface area contributed by atoms with E-state index in [4.69, 9.17) is 32.7 Å². The van der Waals surface area contributed by atoms with Gasteiger partial charge in [0.25, 0.3) is 0 Å². The summed E-state index contributed by atoms with van der Waals surface area (Å²) in [4.78, 5) is 24.2. The molecule has 0 saturated heterocycles. The van der Waals surface area contributed by atoms with E-state index in [0.717, 1.165) is 0 Å². The lowest BCUT2D eigenvalue weighted by Crippen LogP contribution is -2.42. The summed E-state index contributed by atoms with van der Waals surface area (Å²) < 4.78 is 10.1. The topological polar surface area (TPSA) is 76.7 Å². The zero-order valence-electron chi connectivity index (χ0n) is 13.8. The molecular formula is C18H16Cl2N2O4. The van der Waals surface area contributed by atoms with Gasteiger partial charge in [-0.2, -0.15) is 0 Å². The van der Waals surface area contributed by atoms with Crippen molar-refractivity contribution in [1.29, 1.82) is 0 Å². The number of hydrogen-bond donors (Lipinski definition) is 2. The van der Waals surface area contributed by atoms with Gasteiger partial charge < -0.3 is 20.1 Å². The number of carbonyl (C=O) groups is 2. The van der Waals surface area contributed by atoms with Crippen molar-refractivity contribution in [1.82, 2.24) is 5.32 Å². The molecule has 2 aromatic carbocycles. The fraction of sp³-hybridized carbons (Fsp3) is 0.222. The molecule has 3 rings (SSSR count). The summed E-state index contributed by atoms with van der Waals surface area (Å²) in [5.41, 5.74) is 1.20. The highest BCUT2D eigenvalue weighted by atomic mass is 35.5. The first-order valence-corrected chi connectivity index (χ1v) is 8.60. The predicted octanol–water partition coefficient (Wildman–Crippen LogP) is 4.18. The molecule has 0 aromatic heterocycles. The van der Waals surface area contributed by atoms with Crippen LogP contribution in [-0.2, 0) is 9.53 Å². The monoisotopic (exact) mass is 394 g/mol. The van der Waals surface area contributed by atoms with Crippen LogP contribution in [0.3, 0.4) is 0 Å². The van der Waals surface area contributed by atoms with E-state index in [-0.39, 0.29) is 6.42 Å². The number of hydrogen-bond acceptors (Lipinski definition) is 5. The smallest absolute Gasteiger partial charge is 0.413 e. The average molecular weight is 395 g/mol. The second kappa shape index (κ2) is 7.85. The molecule has 2 atom stereocenters. The molecule has 0 fully saturated rings. The van der Waals surface area contributed by atoms with Crippen molar-refractivity contribution in [2.75, 3.05) is 12.4 Å². The highest BCUT2D eigenvalue weighted by molar-refractivity contribution is 6.35. The molecule has 0 radical (unpaired) electrons. The van der Waals surface area contributed by atoms with Gasteiger partial charge in [-0.15, -0.1) is 0 Å². The Bertz CT molecular complexity index is 829. The third-order valence-electron chi connectivity index (χ3n) is 3.98. The number of ether oxygens (including phenoxy) is 2. The van der Waals surface area contributed by atoms with Crippen molar-refractivity contribution >= 4 is 41.0 Å². The van der Waals surface area contributed by atoms with Gasteiger partial charge in [-0.25, -0.2) is 9.59 Å². The molecule has 0 saturated carbocycles. The van der Waals surface area contributed by atoms with Crippen LogP contribution in [-0.4, -0.2) is 25.2 Å². The van der Waals surface area contributed by atoms with Crippen molar-refractivity contribution < 1.29 is 19.1 Å². The second-order valence-electron chi connectivity index (χ2n) is 5.70. The highest BCUT2D eigenvalue weighted by Gasteiger charge is 2.34. The van der Waals surface area contributed by atoms with Crippen molar-refractivity contribution in [2.45, 2.75) is 18.5 Å². The highest BCUT2D eigenvalue weighted by Crippen LogP contribution is 2.40. The van der Waals surface area contributed by atoms with Crippen LogP contribution < -0.4 is 15.4 Å². The maximum Gasteiger partial charge on any atom is 0.413 e. The number of para-hydroxylation sites is 1. The van der Waals surface area contributed by atoms with Gasteiger partial charge in [0, 0.05) is 27.7 Å². The van der Waals surface area contributed by atoms with Gasteiger partial charge in [-0.3, -0.25) is 0 Å². The molecule has 2 aromatic rings. The van der Waals surface area contributed by atoms with E-state index in [1.165, 1.54) is 7.11 Å². The van der Waals surface area contributed by atoms with Crippen LogP contribution >= 0.6 is 23.2 Å². The molecule has 6 nitrogen and oxygen atoms in total. The largest absolute Gasteiger partial charge is 0.467 e. The van der Waals surface area contributed by atoms with Crippen LogP contribution in [0, 0.1) is 0 Å². The second-order valence-corrected chi connectivity index (χ2v) is 6.55. The summed E-state index contributed by atoms with van der Waals surface area (Å²) in [6.07, 6.45) is -0.394. The maximum atomic E-state index is 12.3. The molecule has 0 bridgehead atoms. The number of halogens is 2. The minimum Gasteiger partial charge on any atom is -0.467 e. The molecule has 0 spiro atoms. The average Bonchev–Trinajstić information content (AvgIpc) is 2.60. The SMILES string of the molecule is COC(=O)[C@@H]1C[C@@H](NC(=O)Oc2ccccc2)c2c(Cl)cc(Cl)cc2N1. The van der Waals surface area contributed by atoms with Gasteiger partial charge in [0.15, 0.2) is 0 Å². The third-order valence-corrected chi connectivity index (χ3v) is 4.51. The van der Waals surface area contributed by atoms with Gasteiger partial charge in [0.1, 0.15) is 11.8 Å². The zero-order chi connectivity index (χ0) is 18.7. The number of benzene rings is 2. The Kier molecular flexibility index (Phi) is 5.54. The molecule has 1 aliphatic rings. The first-order valence-electron chi connectivity index (χ1n) is 7.84. The molecule has 2 N–H and O–H groups in total. The molecule has 0 aliphatic carbocycles. The molecule has 26 heavy (non-hydrogen) atoms. The minimum absolute atomic E-state index is 0.255. The van der Waals surface area contributed by atoms with Crippen LogP contribution in [0.5, 0.6) is 5.75 Å². The van der Waals surface area contributed by atoms with Gasteiger partial charge in [0.05, 0.1) is 13.2 Å². The normalized spacial score (nSPS) is 18.3. The lowest BCUT2D eigenvalue weighted by Gasteiger charge is -2.32. The number of anilines is 1. The van der Waals surface area contributed by atoms with Crippen molar-refractivity contribution in [3.8, 4) is 5.75 Å². The number of nitrogens with one attached hydrogen (secondary N) is 2. The summed E-state index contributed by atoms with van der Waals surface area (Å²) >= 11 is 12.4. The quantitative estimate of drug-likeness (QED) is 0.763. The summed E-state index contributed by atoms with van der Waals surface area (Å²) in [6.45, 7) is 0. The van der Waals surface area contributed by atoms with E-state index in [2.05, 4.69) is 10.6 Å². The van der Waals surface area contributed by atoms with E-state index in [1.54, 1.807) is 36.4 Å². The molecule has 1 heterocycles.